The molecular weight excluding hydrogens is 272 g/mol. The lowest BCUT2D eigenvalue weighted by Gasteiger charge is -2.15. The minimum Gasteiger partial charge on any atom is -0.0891 e. The first-order valence-electron chi connectivity index (χ1n) is 7.02. The maximum Gasteiger partial charge on any atom is 0.0148 e. The maximum atomic E-state index is 3.82. The Labute approximate surface area is 114 Å². The van der Waals surface area contributed by atoms with Crippen molar-refractivity contribution in [3.05, 3.63) is 35.9 Å². The van der Waals surface area contributed by atoms with Crippen LogP contribution < -0.4 is 0 Å². The summed E-state index contributed by atoms with van der Waals surface area (Å²) in [5, 5.41) is 0. The minimum absolute atomic E-state index is 0.784. The lowest BCUT2D eigenvalue weighted by atomic mass is 9.93. The maximum absolute atomic E-state index is 3.82. The molecule has 0 nitrogen and oxygen atoms in total. The molecule has 1 aliphatic rings. The summed E-state index contributed by atoms with van der Waals surface area (Å²) in [7, 11) is 0. The second-order valence-electron chi connectivity index (χ2n) is 5.36. The number of hydrogen-bond acceptors (Lipinski definition) is 0. The molecule has 2 atom stereocenters. The Morgan fingerprint density at radius 3 is 2.65 bits per heavy atom. The van der Waals surface area contributed by atoms with Crippen LogP contribution in [0, 0.1) is 5.92 Å². The summed E-state index contributed by atoms with van der Waals surface area (Å²) < 4.78 is 0. The Morgan fingerprint density at radius 1 is 1.06 bits per heavy atom. The molecule has 0 spiro atoms. The third-order valence-corrected chi connectivity index (χ3v) is 4.72. The van der Waals surface area contributed by atoms with E-state index >= 15 is 0 Å². The highest BCUT2D eigenvalue weighted by atomic mass is 79.9. The predicted octanol–water partition coefficient (Wildman–Crippen LogP) is 5.35. The summed E-state index contributed by atoms with van der Waals surface area (Å²) in [5.41, 5.74) is 1.50. The van der Waals surface area contributed by atoms with Gasteiger partial charge in [0.05, 0.1) is 0 Å². The fourth-order valence-electron chi connectivity index (χ4n) is 2.90. The third-order valence-electron chi connectivity index (χ3n) is 3.89. The van der Waals surface area contributed by atoms with Crippen LogP contribution in [0.1, 0.15) is 50.5 Å². The molecule has 1 heteroatoms. The van der Waals surface area contributed by atoms with Crippen molar-refractivity contribution in [2.45, 2.75) is 56.2 Å². The molecule has 1 aromatic rings. The molecule has 0 heterocycles. The summed E-state index contributed by atoms with van der Waals surface area (Å²) in [6.07, 6.45) is 11.1. The number of aryl methyl sites for hydroxylation is 1. The zero-order valence-corrected chi connectivity index (χ0v) is 12.2. The molecule has 0 bridgehead atoms. The Bertz CT molecular complexity index is 307. The van der Waals surface area contributed by atoms with Gasteiger partial charge in [-0.25, -0.2) is 0 Å². The minimum atomic E-state index is 0.784. The van der Waals surface area contributed by atoms with Crippen molar-refractivity contribution in [3.8, 4) is 0 Å². The van der Waals surface area contributed by atoms with E-state index in [1.807, 2.05) is 0 Å². The molecule has 2 rings (SSSR count). The number of benzene rings is 1. The van der Waals surface area contributed by atoms with Crippen LogP contribution in [0.4, 0.5) is 0 Å². The molecule has 1 aromatic carbocycles. The van der Waals surface area contributed by atoms with Crippen LogP contribution in [0.2, 0.25) is 0 Å². The van der Waals surface area contributed by atoms with Crippen molar-refractivity contribution in [2.75, 3.05) is 0 Å². The SMILES string of the molecule is BrC1CCCCC(CCCc2ccccc2)C1. The van der Waals surface area contributed by atoms with Gasteiger partial charge in [0, 0.05) is 4.83 Å². The summed E-state index contributed by atoms with van der Waals surface area (Å²) in [6.45, 7) is 0. The van der Waals surface area contributed by atoms with Crippen LogP contribution in [0.15, 0.2) is 30.3 Å². The Kier molecular flexibility index (Phi) is 5.57. The Balaban J connectivity index is 1.70. The molecule has 0 aromatic heterocycles. The summed E-state index contributed by atoms with van der Waals surface area (Å²) in [6, 6.07) is 10.9. The Hall–Kier alpha value is -0.300. The molecule has 0 N–H and O–H groups in total. The topological polar surface area (TPSA) is 0 Å². The van der Waals surface area contributed by atoms with Crippen molar-refractivity contribution in [2.24, 2.45) is 5.92 Å². The predicted molar refractivity (Wildman–Crippen MR) is 78.7 cm³/mol. The third kappa shape index (κ3) is 4.83. The van der Waals surface area contributed by atoms with E-state index in [0.717, 1.165) is 10.7 Å². The molecule has 0 saturated heterocycles. The normalized spacial score (nSPS) is 25.5. The Morgan fingerprint density at radius 2 is 1.82 bits per heavy atom. The number of halogens is 1. The van der Waals surface area contributed by atoms with Crippen LogP contribution in [-0.2, 0) is 6.42 Å². The van der Waals surface area contributed by atoms with Gasteiger partial charge in [-0.05, 0) is 37.2 Å². The van der Waals surface area contributed by atoms with Crippen LogP contribution in [0.3, 0.4) is 0 Å². The van der Waals surface area contributed by atoms with Crippen molar-refractivity contribution < 1.29 is 0 Å². The van der Waals surface area contributed by atoms with Gasteiger partial charge in [0.15, 0.2) is 0 Å². The second kappa shape index (κ2) is 7.20. The quantitative estimate of drug-likeness (QED) is 0.518. The van der Waals surface area contributed by atoms with Crippen molar-refractivity contribution >= 4 is 15.9 Å². The molecule has 94 valence electrons. The van der Waals surface area contributed by atoms with E-state index in [0.29, 0.717) is 0 Å². The smallest absolute Gasteiger partial charge is 0.0148 e. The van der Waals surface area contributed by atoms with Crippen LogP contribution in [0.25, 0.3) is 0 Å². The first kappa shape index (κ1) is 13.1. The molecular formula is C16H23Br. The molecule has 0 aliphatic heterocycles. The fraction of sp³-hybridized carbons (Fsp3) is 0.625. The molecule has 1 fully saturated rings. The van der Waals surface area contributed by atoms with Gasteiger partial charge < -0.3 is 0 Å². The van der Waals surface area contributed by atoms with E-state index in [1.54, 1.807) is 0 Å². The molecule has 0 amide bonds. The number of hydrogen-bond donors (Lipinski definition) is 0. The van der Waals surface area contributed by atoms with E-state index in [4.69, 9.17) is 0 Å². The van der Waals surface area contributed by atoms with E-state index in [-0.39, 0.29) is 0 Å². The lowest BCUT2D eigenvalue weighted by molar-refractivity contribution is 0.420. The van der Waals surface area contributed by atoms with Crippen molar-refractivity contribution in [1.29, 1.82) is 0 Å². The van der Waals surface area contributed by atoms with E-state index in [2.05, 4.69) is 46.3 Å². The van der Waals surface area contributed by atoms with Gasteiger partial charge in [-0.1, -0.05) is 71.9 Å². The van der Waals surface area contributed by atoms with Gasteiger partial charge in [-0.2, -0.15) is 0 Å². The van der Waals surface area contributed by atoms with Crippen LogP contribution in [-0.4, -0.2) is 4.83 Å². The zero-order valence-electron chi connectivity index (χ0n) is 10.6. The largest absolute Gasteiger partial charge is 0.0891 e. The number of rotatable bonds is 4. The zero-order chi connectivity index (χ0) is 11.9. The highest BCUT2D eigenvalue weighted by Crippen LogP contribution is 2.30. The average Bonchev–Trinajstić information content (AvgIpc) is 2.55. The van der Waals surface area contributed by atoms with Gasteiger partial charge in [-0.15, -0.1) is 0 Å². The van der Waals surface area contributed by atoms with Gasteiger partial charge >= 0.3 is 0 Å². The van der Waals surface area contributed by atoms with Crippen LogP contribution >= 0.6 is 15.9 Å². The average molecular weight is 295 g/mol. The van der Waals surface area contributed by atoms with Gasteiger partial charge in [0.25, 0.3) is 0 Å². The standard InChI is InChI=1S/C16H23Br/c17-16-12-5-4-9-15(13-16)11-6-10-14-7-2-1-3-8-14/h1-3,7-8,15-16H,4-6,9-13H2. The second-order valence-corrected chi connectivity index (χ2v) is 6.66. The van der Waals surface area contributed by atoms with Gasteiger partial charge in [0.2, 0.25) is 0 Å². The highest BCUT2D eigenvalue weighted by molar-refractivity contribution is 9.09. The summed E-state index contributed by atoms with van der Waals surface area (Å²) in [5.74, 6) is 0.964. The molecule has 0 radical (unpaired) electrons. The molecule has 17 heavy (non-hydrogen) atoms. The lowest BCUT2D eigenvalue weighted by Crippen LogP contribution is -2.05. The first-order valence-corrected chi connectivity index (χ1v) is 7.94. The monoisotopic (exact) mass is 294 g/mol. The summed E-state index contributed by atoms with van der Waals surface area (Å²) in [4.78, 5) is 0.784. The fourth-order valence-corrected chi connectivity index (χ4v) is 3.75. The highest BCUT2D eigenvalue weighted by Gasteiger charge is 2.17. The summed E-state index contributed by atoms with van der Waals surface area (Å²) >= 11 is 3.82. The van der Waals surface area contributed by atoms with Crippen molar-refractivity contribution in [1.82, 2.24) is 0 Å². The van der Waals surface area contributed by atoms with Gasteiger partial charge in [0.1, 0.15) is 0 Å². The van der Waals surface area contributed by atoms with Crippen LogP contribution in [0.5, 0.6) is 0 Å². The van der Waals surface area contributed by atoms with E-state index in [9.17, 15) is 0 Å². The van der Waals surface area contributed by atoms with E-state index in [1.165, 1.54) is 56.9 Å². The first-order chi connectivity index (χ1) is 8.34. The van der Waals surface area contributed by atoms with Crippen molar-refractivity contribution in [3.63, 3.8) is 0 Å². The molecule has 1 saturated carbocycles. The molecule has 2 unspecified atom stereocenters. The number of alkyl halides is 1. The van der Waals surface area contributed by atoms with Gasteiger partial charge in [-0.3, -0.25) is 0 Å². The van der Waals surface area contributed by atoms with E-state index < -0.39 is 0 Å². The molecule has 1 aliphatic carbocycles.